The van der Waals surface area contributed by atoms with Crippen molar-refractivity contribution in [3.8, 4) is 0 Å². The van der Waals surface area contributed by atoms with Gasteiger partial charge in [-0.05, 0) is 5.92 Å². The number of rotatable bonds is 7. The van der Waals surface area contributed by atoms with Gasteiger partial charge < -0.3 is 15.7 Å². The molecule has 0 bridgehead atoms. The highest BCUT2D eigenvalue weighted by atomic mass is 16.4. The van der Waals surface area contributed by atoms with E-state index in [1.54, 1.807) is 6.92 Å². The summed E-state index contributed by atoms with van der Waals surface area (Å²) in [6.45, 7) is 5.51. The molecule has 0 aromatic rings. The molecule has 0 aromatic heterocycles. The average molecular weight is 271 g/mol. The van der Waals surface area contributed by atoms with Crippen LogP contribution >= 0.6 is 0 Å². The average Bonchev–Trinajstić information content (AvgIpc) is 2.27. The first-order valence-corrected chi connectivity index (χ1v) is 6.36. The van der Waals surface area contributed by atoms with E-state index in [4.69, 9.17) is 5.11 Å². The Morgan fingerprint density at radius 3 is 2.37 bits per heavy atom. The zero-order valence-corrected chi connectivity index (χ0v) is 11.3. The predicted octanol–water partition coefficient (Wildman–Crippen LogP) is -1.11. The summed E-state index contributed by atoms with van der Waals surface area (Å²) in [7, 11) is 0. The van der Waals surface area contributed by atoms with E-state index in [0.29, 0.717) is 26.2 Å². The number of carboxylic acids is 1. The van der Waals surface area contributed by atoms with Crippen molar-refractivity contribution in [2.75, 3.05) is 32.7 Å². The second-order valence-corrected chi connectivity index (χ2v) is 4.91. The highest BCUT2D eigenvalue weighted by Crippen LogP contribution is 2.23. The number of aliphatic carboxylic acids is 1. The molecule has 1 aliphatic heterocycles. The van der Waals surface area contributed by atoms with E-state index in [-0.39, 0.29) is 30.2 Å². The first-order valence-electron chi connectivity index (χ1n) is 6.36. The molecule has 2 amide bonds. The third-order valence-corrected chi connectivity index (χ3v) is 3.27. The molecule has 0 radical (unpaired) electrons. The van der Waals surface area contributed by atoms with E-state index in [0.717, 1.165) is 0 Å². The van der Waals surface area contributed by atoms with Gasteiger partial charge in [0.15, 0.2) is 0 Å². The molecule has 0 aliphatic carbocycles. The maximum Gasteiger partial charge on any atom is 0.306 e. The summed E-state index contributed by atoms with van der Waals surface area (Å²) >= 11 is 0. The molecule has 1 rings (SSSR count). The van der Waals surface area contributed by atoms with Gasteiger partial charge in [0.05, 0.1) is 12.5 Å². The molecule has 7 heteroatoms. The van der Waals surface area contributed by atoms with Gasteiger partial charge in [0.2, 0.25) is 11.8 Å². The Kier molecular flexibility index (Phi) is 5.75. The molecule has 1 aliphatic rings. The van der Waals surface area contributed by atoms with Gasteiger partial charge in [0.25, 0.3) is 0 Å². The fraction of sp³-hybridized carbons (Fsp3) is 0.750. The highest BCUT2D eigenvalue weighted by molar-refractivity contribution is 5.78. The van der Waals surface area contributed by atoms with Gasteiger partial charge >= 0.3 is 5.97 Å². The highest BCUT2D eigenvalue weighted by Gasteiger charge is 2.35. The van der Waals surface area contributed by atoms with Gasteiger partial charge in [-0.3, -0.25) is 19.3 Å². The summed E-state index contributed by atoms with van der Waals surface area (Å²) in [6.07, 6.45) is 0. The molecule has 0 aromatic carbocycles. The summed E-state index contributed by atoms with van der Waals surface area (Å²) < 4.78 is 0. The van der Waals surface area contributed by atoms with Gasteiger partial charge in [-0.2, -0.15) is 0 Å². The van der Waals surface area contributed by atoms with Crippen LogP contribution in [0.3, 0.4) is 0 Å². The van der Waals surface area contributed by atoms with Crippen molar-refractivity contribution >= 4 is 17.8 Å². The number of carboxylic acid groups (broad SMARTS) is 1. The fourth-order valence-corrected chi connectivity index (χ4v) is 1.96. The maximum atomic E-state index is 11.5. The summed E-state index contributed by atoms with van der Waals surface area (Å²) in [6, 6.07) is 0. The standard InChI is InChI=1S/C12H21N3O4/c1-8(12(18)19)10-5-15(6-10)7-11(17)14-4-3-13-9(2)16/h8,10H,3-7H2,1-2H3,(H,13,16)(H,14,17)(H,18,19). The lowest BCUT2D eigenvalue weighted by molar-refractivity contribution is -0.145. The topological polar surface area (TPSA) is 98.7 Å². The number of amides is 2. The van der Waals surface area contributed by atoms with E-state index in [9.17, 15) is 14.4 Å². The molecule has 1 fully saturated rings. The SMILES string of the molecule is CC(=O)NCCNC(=O)CN1CC(C(C)C(=O)O)C1. The molecular formula is C12H21N3O4. The van der Waals surface area contributed by atoms with Crippen molar-refractivity contribution in [3.63, 3.8) is 0 Å². The molecule has 3 N–H and O–H groups in total. The summed E-state index contributed by atoms with van der Waals surface area (Å²) in [4.78, 5) is 34.8. The Bertz CT molecular complexity index is 353. The van der Waals surface area contributed by atoms with Crippen molar-refractivity contribution in [3.05, 3.63) is 0 Å². The zero-order valence-electron chi connectivity index (χ0n) is 11.3. The van der Waals surface area contributed by atoms with Gasteiger partial charge in [-0.15, -0.1) is 0 Å². The minimum absolute atomic E-state index is 0.105. The van der Waals surface area contributed by atoms with Crippen LogP contribution in [0, 0.1) is 11.8 Å². The maximum absolute atomic E-state index is 11.5. The van der Waals surface area contributed by atoms with Crippen molar-refractivity contribution in [2.45, 2.75) is 13.8 Å². The zero-order chi connectivity index (χ0) is 14.4. The minimum atomic E-state index is -0.788. The van der Waals surface area contributed by atoms with Crippen LogP contribution in [-0.4, -0.2) is 60.5 Å². The Labute approximate surface area is 112 Å². The Morgan fingerprint density at radius 2 is 1.84 bits per heavy atom. The predicted molar refractivity (Wildman–Crippen MR) is 68.4 cm³/mol. The number of hydrogen-bond donors (Lipinski definition) is 3. The number of carbonyl (C=O) groups is 3. The fourth-order valence-electron chi connectivity index (χ4n) is 1.96. The Hall–Kier alpha value is -1.63. The van der Waals surface area contributed by atoms with E-state index >= 15 is 0 Å². The van der Waals surface area contributed by atoms with Crippen LogP contribution in [0.4, 0.5) is 0 Å². The molecular weight excluding hydrogens is 250 g/mol. The van der Waals surface area contributed by atoms with Crippen LogP contribution in [0.5, 0.6) is 0 Å². The molecule has 1 heterocycles. The number of likely N-dealkylation sites (tertiary alicyclic amines) is 1. The summed E-state index contributed by atoms with van der Waals surface area (Å²) in [5, 5.41) is 14.1. The number of nitrogens with one attached hydrogen (secondary N) is 2. The number of hydrogen-bond acceptors (Lipinski definition) is 4. The van der Waals surface area contributed by atoms with Crippen molar-refractivity contribution < 1.29 is 19.5 Å². The molecule has 1 saturated heterocycles. The van der Waals surface area contributed by atoms with Gasteiger partial charge in [-0.25, -0.2) is 0 Å². The second kappa shape index (κ2) is 7.08. The van der Waals surface area contributed by atoms with Crippen molar-refractivity contribution in [1.82, 2.24) is 15.5 Å². The van der Waals surface area contributed by atoms with E-state index in [2.05, 4.69) is 10.6 Å². The van der Waals surface area contributed by atoms with Gasteiger partial charge in [0, 0.05) is 33.1 Å². The molecule has 0 spiro atoms. The third kappa shape index (κ3) is 5.25. The molecule has 0 saturated carbocycles. The van der Waals surface area contributed by atoms with Crippen LogP contribution < -0.4 is 10.6 Å². The van der Waals surface area contributed by atoms with E-state index in [1.165, 1.54) is 6.92 Å². The van der Waals surface area contributed by atoms with E-state index in [1.807, 2.05) is 4.90 Å². The monoisotopic (exact) mass is 271 g/mol. The Balaban J connectivity index is 2.09. The van der Waals surface area contributed by atoms with E-state index < -0.39 is 5.97 Å². The van der Waals surface area contributed by atoms with Crippen molar-refractivity contribution in [2.24, 2.45) is 11.8 Å². The summed E-state index contributed by atoms with van der Waals surface area (Å²) in [5.41, 5.74) is 0. The first kappa shape index (κ1) is 15.4. The minimum Gasteiger partial charge on any atom is -0.481 e. The smallest absolute Gasteiger partial charge is 0.306 e. The van der Waals surface area contributed by atoms with Crippen LogP contribution in [-0.2, 0) is 14.4 Å². The first-order chi connectivity index (χ1) is 8.90. The third-order valence-electron chi connectivity index (χ3n) is 3.27. The summed E-state index contributed by atoms with van der Waals surface area (Å²) in [5.74, 6) is -1.25. The number of nitrogens with zero attached hydrogens (tertiary/aromatic N) is 1. The van der Waals surface area contributed by atoms with Crippen molar-refractivity contribution in [1.29, 1.82) is 0 Å². The quantitative estimate of drug-likeness (QED) is 0.510. The van der Waals surface area contributed by atoms with Crippen LogP contribution in [0.2, 0.25) is 0 Å². The molecule has 1 atom stereocenters. The number of carbonyl (C=O) groups excluding carboxylic acids is 2. The van der Waals surface area contributed by atoms with Crippen LogP contribution in [0.15, 0.2) is 0 Å². The molecule has 7 nitrogen and oxygen atoms in total. The largest absolute Gasteiger partial charge is 0.481 e. The second-order valence-electron chi connectivity index (χ2n) is 4.91. The molecule has 108 valence electrons. The lowest BCUT2D eigenvalue weighted by Gasteiger charge is -2.40. The van der Waals surface area contributed by atoms with Gasteiger partial charge in [0.1, 0.15) is 0 Å². The molecule has 19 heavy (non-hydrogen) atoms. The lowest BCUT2D eigenvalue weighted by atomic mass is 9.87. The molecule has 1 unspecified atom stereocenters. The van der Waals surface area contributed by atoms with Crippen LogP contribution in [0.1, 0.15) is 13.8 Å². The lowest BCUT2D eigenvalue weighted by Crippen LogP contribution is -2.54. The van der Waals surface area contributed by atoms with Crippen LogP contribution in [0.25, 0.3) is 0 Å². The normalized spacial score (nSPS) is 17.4. The van der Waals surface area contributed by atoms with Gasteiger partial charge in [-0.1, -0.05) is 6.92 Å². The Morgan fingerprint density at radius 1 is 1.26 bits per heavy atom.